The Bertz CT molecular complexity index is 1410. The van der Waals surface area contributed by atoms with Crippen molar-refractivity contribution in [1.82, 2.24) is 5.32 Å². The summed E-state index contributed by atoms with van der Waals surface area (Å²) in [6, 6.07) is -0.867. The highest BCUT2D eigenvalue weighted by Crippen LogP contribution is 2.43. The van der Waals surface area contributed by atoms with Crippen molar-refractivity contribution in [3.63, 3.8) is 0 Å². The Morgan fingerprint density at radius 2 is 0.910 bits per heavy atom. The van der Waals surface area contributed by atoms with Gasteiger partial charge in [0.2, 0.25) is 5.91 Å². The number of likely N-dealkylation sites (N-methyl/N-ethyl adjacent to an activating group) is 1. The van der Waals surface area contributed by atoms with Crippen molar-refractivity contribution in [2.75, 3.05) is 40.9 Å². The molecule has 0 aliphatic rings. The second kappa shape index (κ2) is 48.4. The van der Waals surface area contributed by atoms with Crippen molar-refractivity contribution in [3.05, 3.63) is 97.2 Å². The highest BCUT2D eigenvalue weighted by Gasteiger charge is 2.27. The van der Waals surface area contributed by atoms with Gasteiger partial charge in [0, 0.05) is 6.42 Å². The number of nitrogens with zero attached hydrogens (tertiary/aromatic N) is 1. The number of carbonyl (C=O) groups excluding carboxylic acids is 1. The number of unbranched alkanes of at least 4 members (excludes halogenated alkanes) is 21. The number of aliphatic hydroxyl groups is 1. The van der Waals surface area contributed by atoms with Crippen LogP contribution in [0.25, 0.3) is 0 Å². The van der Waals surface area contributed by atoms with Gasteiger partial charge in [0.25, 0.3) is 0 Å². The lowest BCUT2D eigenvalue weighted by Crippen LogP contribution is -2.45. The predicted molar refractivity (Wildman–Crippen MR) is 290 cm³/mol. The number of hydrogen-bond acceptors (Lipinski definition) is 5. The molecule has 0 aromatic carbocycles. The van der Waals surface area contributed by atoms with E-state index in [9.17, 15) is 19.4 Å². The fourth-order valence-corrected chi connectivity index (χ4v) is 8.03. The fourth-order valence-electron chi connectivity index (χ4n) is 7.30. The number of phosphoric ester groups is 1. The first kappa shape index (κ1) is 64.4. The van der Waals surface area contributed by atoms with Crippen LogP contribution in [0.5, 0.6) is 0 Å². The third-order valence-corrected chi connectivity index (χ3v) is 12.5. The number of allylic oxidation sites excluding steroid dienone is 15. The lowest BCUT2D eigenvalue weighted by molar-refractivity contribution is -0.870. The maximum atomic E-state index is 12.9. The van der Waals surface area contributed by atoms with E-state index in [4.69, 9.17) is 9.05 Å². The molecule has 0 saturated heterocycles. The Hall–Kier alpha value is -2.58. The van der Waals surface area contributed by atoms with Crippen LogP contribution in [0.3, 0.4) is 0 Å². The molecule has 1 amide bonds. The van der Waals surface area contributed by atoms with Gasteiger partial charge in [-0.1, -0.05) is 220 Å². The first-order valence-electron chi connectivity index (χ1n) is 27.1. The van der Waals surface area contributed by atoms with Gasteiger partial charge in [-0.3, -0.25) is 13.8 Å². The largest absolute Gasteiger partial charge is 0.472 e. The quantitative estimate of drug-likeness (QED) is 0.0243. The first-order valence-corrected chi connectivity index (χ1v) is 28.6. The van der Waals surface area contributed by atoms with Crippen LogP contribution in [0.4, 0.5) is 0 Å². The van der Waals surface area contributed by atoms with Crippen LogP contribution < -0.4 is 5.32 Å². The van der Waals surface area contributed by atoms with Crippen LogP contribution in [0.1, 0.15) is 213 Å². The third kappa shape index (κ3) is 51.1. The minimum absolute atomic E-state index is 0.0525. The summed E-state index contributed by atoms with van der Waals surface area (Å²) >= 11 is 0. The van der Waals surface area contributed by atoms with Crippen molar-refractivity contribution in [2.24, 2.45) is 0 Å². The van der Waals surface area contributed by atoms with Gasteiger partial charge in [0.15, 0.2) is 0 Å². The SMILES string of the molecule is CC/C=C\C/C=C\C/C=C\C/C=C\C/C=C\C/C=C\CCCCCCCCCCCCCCCCC(=O)NC(COP(=O)(O)OCC[N+](C)(C)C)C(O)/C=C/CC/C=C/CCCCCCCC. The van der Waals surface area contributed by atoms with E-state index in [0.29, 0.717) is 17.4 Å². The highest BCUT2D eigenvalue weighted by molar-refractivity contribution is 7.47. The average molecular weight is 956 g/mol. The summed E-state index contributed by atoms with van der Waals surface area (Å²) in [5, 5.41) is 13.8. The molecular weight excluding hydrogens is 852 g/mol. The molecule has 0 radical (unpaired) electrons. The molecule has 3 N–H and O–H groups in total. The van der Waals surface area contributed by atoms with Gasteiger partial charge in [0.05, 0.1) is 39.9 Å². The number of quaternary nitrogens is 1. The lowest BCUT2D eigenvalue weighted by Gasteiger charge is -2.25. The normalized spacial score (nSPS) is 14.8. The molecule has 0 rings (SSSR count). The second-order valence-corrected chi connectivity index (χ2v) is 20.7. The Kier molecular flexibility index (Phi) is 46.6. The number of carbonyl (C=O) groups is 1. The standard InChI is InChI=1S/C58H103N2O6P/c1-6-8-10-12-14-16-18-20-21-22-23-24-25-26-27-28-29-30-31-32-33-34-35-36-37-38-39-40-42-44-46-48-50-52-58(62)59-56(55-66-67(63,64)65-54-53-60(3,4)5)57(61)51-49-47-45-43-41-19-17-15-13-11-9-7-2/h8,10,14,16,20-21,23-24,26-27,29-30,41,43,49,51,56-57,61H,6-7,9,11-13,15,17-19,22,25,28,31-40,42,44-48,50,52-55H2,1-5H3,(H-,59,62,63,64)/p+1/b10-8-,16-14-,21-20-,24-23-,27-26-,30-29-,43-41+,51-49+. The molecule has 8 nitrogen and oxygen atoms in total. The Labute approximate surface area is 413 Å². The van der Waals surface area contributed by atoms with Crippen LogP contribution in [0.2, 0.25) is 0 Å². The number of phosphoric acid groups is 1. The van der Waals surface area contributed by atoms with E-state index in [2.05, 4.69) is 104 Å². The van der Waals surface area contributed by atoms with Gasteiger partial charge in [-0.05, 0) is 83.5 Å². The molecule has 0 saturated carbocycles. The Morgan fingerprint density at radius 3 is 1.37 bits per heavy atom. The van der Waals surface area contributed by atoms with E-state index in [0.717, 1.165) is 77.0 Å². The van der Waals surface area contributed by atoms with E-state index in [1.54, 1.807) is 6.08 Å². The number of hydrogen-bond donors (Lipinski definition) is 3. The van der Waals surface area contributed by atoms with E-state index >= 15 is 0 Å². The zero-order valence-corrected chi connectivity index (χ0v) is 44.8. The molecule has 0 bridgehead atoms. The first-order chi connectivity index (χ1) is 32.5. The maximum Gasteiger partial charge on any atom is 0.472 e. The van der Waals surface area contributed by atoms with Gasteiger partial charge in [-0.15, -0.1) is 0 Å². The van der Waals surface area contributed by atoms with E-state index < -0.39 is 20.0 Å². The Balaban J connectivity index is 4.11. The molecular formula is C58H104N2O6P+. The molecule has 0 aromatic heterocycles. The molecule has 9 heteroatoms. The van der Waals surface area contributed by atoms with Crippen LogP contribution >= 0.6 is 7.82 Å². The summed E-state index contributed by atoms with van der Waals surface area (Å²) in [5.74, 6) is -0.192. The van der Waals surface area contributed by atoms with Crippen LogP contribution in [-0.2, 0) is 18.4 Å². The summed E-state index contributed by atoms with van der Waals surface area (Å²) < 4.78 is 23.6. The van der Waals surface area contributed by atoms with Gasteiger partial charge in [0.1, 0.15) is 13.2 Å². The molecule has 67 heavy (non-hydrogen) atoms. The topological polar surface area (TPSA) is 105 Å². The van der Waals surface area contributed by atoms with Gasteiger partial charge < -0.3 is 19.8 Å². The summed E-state index contributed by atoms with van der Waals surface area (Å²) in [4.78, 5) is 23.2. The second-order valence-electron chi connectivity index (χ2n) is 19.2. The number of amides is 1. The summed E-state index contributed by atoms with van der Waals surface area (Å²) in [7, 11) is 1.54. The average Bonchev–Trinajstić information content (AvgIpc) is 3.29. The minimum Gasteiger partial charge on any atom is -0.387 e. The molecule has 0 spiro atoms. The lowest BCUT2D eigenvalue weighted by atomic mass is 10.0. The molecule has 0 aliphatic heterocycles. The monoisotopic (exact) mass is 956 g/mol. The van der Waals surface area contributed by atoms with Crippen molar-refractivity contribution in [1.29, 1.82) is 0 Å². The van der Waals surface area contributed by atoms with E-state index in [1.807, 2.05) is 27.2 Å². The third-order valence-electron chi connectivity index (χ3n) is 11.5. The van der Waals surface area contributed by atoms with Crippen LogP contribution in [0.15, 0.2) is 97.2 Å². The van der Waals surface area contributed by atoms with Crippen molar-refractivity contribution < 1.29 is 32.9 Å². The van der Waals surface area contributed by atoms with Crippen LogP contribution in [-0.4, -0.2) is 73.4 Å². The Morgan fingerprint density at radius 1 is 0.522 bits per heavy atom. The zero-order valence-electron chi connectivity index (χ0n) is 43.9. The number of rotatable bonds is 48. The van der Waals surface area contributed by atoms with Crippen molar-refractivity contribution >= 4 is 13.7 Å². The summed E-state index contributed by atoms with van der Waals surface area (Å²) in [6.45, 7) is 4.65. The predicted octanol–water partition coefficient (Wildman–Crippen LogP) is 16.3. The summed E-state index contributed by atoms with van der Waals surface area (Å²) in [5.41, 5.74) is 0. The summed E-state index contributed by atoms with van der Waals surface area (Å²) in [6.07, 6.45) is 69.4. The van der Waals surface area contributed by atoms with Crippen molar-refractivity contribution in [3.8, 4) is 0 Å². The van der Waals surface area contributed by atoms with Gasteiger partial charge >= 0.3 is 7.82 Å². The van der Waals surface area contributed by atoms with E-state index in [1.165, 1.54) is 116 Å². The molecule has 0 fully saturated rings. The maximum absolute atomic E-state index is 12.9. The number of aliphatic hydroxyl groups excluding tert-OH is 1. The van der Waals surface area contributed by atoms with Crippen molar-refractivity contribution in [2.45, 2.75) is 225 Å². The minimum atomic E-state index is -4.35. The number of nitrogens with one attached hydrogen (secondary N) is 1. The van der Waals surface area contributed by atoms with Gasteiger partial charge in [-0.25, -0.2) is 4.57 Å². The highest BCUT2D eigenvalue weighted by atomic mass is 31.2. The molecule has 0 heterocycles. The fraction of sp³-hybridized carbons (Fsp3) is 0.707. The molecule has 386 valence electrons. The zero-order chi connectivity index (χ0) is 49.2. The molecule has 3 atom stereocenters. The smallest absolute Gasteiger partial charge is 0.387 e. The van der Waals surface area contributed by atoms with Crippen LogP contribution in [0, 0.1) is 0 Å². The molecule has 3 unspecified atom stereocenters. The van der Waals surface area contributed by atoms with E-state index in [-0.39, 0.29) is 19.1 Å². The van der Waals surface area contributed by atoms with Gasteiger partial charge in [-0.2, -0.15) is 0 Å². The molecule has 0 aliphatic carbocycles. The molecule has 0 aromatic rings.